The highest BCUT2D eigenvalue weighted by Crippen LogP contribution is 2.39. The Kier molecular flexibility index (Phi) is 10.6. The molecule has 2 amide bonds. The van der Waals surface area contributed by atoms with E-state index in [-0.39, 0.29) is 37.2 Å². The molecular formula is C47H42N2O5. The summed E-state index contributed by atoms with van der Waals surface area (Å²) in [7, 11) is 0. The number of aliphatic hydroxyl groups is 1. The summed E-state index contributed by atoms with van der Waals surface area (Å²) in [6.45, 7) is 2.44. The lowest BCUT2D eigenvalue weighted by Crippen LogP contribution is -2.39. The van der Waals surface area contributed by atoms with Gasteiger partial charge < -0.3 is 14.6 Å². The second kappa shape index (κ2) is 16.1. The molecule has 0 radical (unpaired) electrons. The summed E-state index contributed by atoms with van der Waals surface area (Å²) in [5.41, 5.74) is 8.98. The van der Waals surface area contributed by atoms with Gasteiger partial charge in [-0.15, -0.1) is 0 Å². The fourth-order valence-electron chi connectivity index (χ4n) is 7.47. The van der Waals surface area contributed by atoms with Crippen molar-refractivity contribution in [2.45, 2.75) is 51.2 Å². The number of fused-ring (bicyclic) bond motifs is 1. The van der Waals surface area contributed by atoms with Gasteiger partial charge in [0.15, 0.2) is 6.29 Å². The van der Waals surface area contributed by atoms with Crippen molar-refractivity contribution >= 4 is 11.8 Å². The summed E-state index contributed by atoms with van der Waals surface area (Å²) in [6, 6.07) is 52.2. The van der Waals surface area contributed by atoms with Gasteiger partial charge >= 0.3 is 0 Å². The molecule has 2 aliphatic rings. The van der Waals surface area contributed by atoms with Crippen LogP contribution in [0.15, 0.2) is 158 Å². The van der Waals surface area contributed by atoms with Crippen molar-refractivity contribution in [2.24, 2.45) is 0 Å². The molecule has 54 heavy (non-hydrogen) atoms. The summed E-state index contributed by atoms with van der Waals surface area (Å²) in [5.74, 6) is -0.536. The molecular weight excluding hydrogens is 673 g/mol. The standard InChI is InChI=1S/C47H42N2O5/c50-32-35-21-23-37(24-22-35)44-27-41(31-48(28-33-11-3-1-4-12-33)29-34-13-5-2-6-14-34)53-47(54-44)40-18-10-17-39(26-40)38-16-9-15-36(25-38)30-49-45(51)42-19-7-8-20-43(42)46(49)52/h1-26,41,44,47,50H,27-32H2/t41-,44+,47+/m0/s1. The van der Waals surface area contributed by atoms with Crippen molar-refractivity contribution in [3.05, 3.63) is 202 Å². The second-order valence-corrected chi connectivity index (χ2v) is 14.1. The van der Waals surface area contributed by atoms with Gasteiger partial charge in [0.25, 0.3) is 11.8 Å². The lowest BCUT2D eigenvalue weighted by molar-refractivity contribution is -0.253. The van der Waals surface area contributed by atoms with Gasteiger partial charge in [-0.05, 0) is 63.2 Å². The quantitative estimate of drug-likeness (QED) is 0.128. The summed E-state index contributed by atoms with van der Waals surface area (Å²) >= 11 is 0. The Bertz CT molecular complexity index is 2150. The van der Waals surface area contributed by atoms with E-state index in [0.29, 0.717) is 24.1 Å². The molecule has 0 spiro atoms. The third kappa shape index (κ3) is 7.95. The van der Waals surface area contributed by atoms with Crippen LogP contribution >= 0.6 is 0 Å². The van der Waals surface area contributed by atoms with E-state index < -0.39 is 6.29 Å². The van der Waals surface area contributed by atoms with Crippen LogP contribution in [-0.4, -0.2) is 39.4 Å². The number of hydrogen-bond donors (Lipinski definition) is 1. The van der Waals surface area contributed by atoms with E-state index >= 15 is 0 Å². The summed E-state index contributed by atoms with van der Waals surface area (Å²) in [6.07, 6.45) is -0.300. The maximum atomic E-state index is 13.1. The molecule has 1 saturated heterocycles. The SMILES string of the molecule is O=C1c2ccccc2C(=O)N1Cc1cccc(-c2cccc([C@@H]3O[C@H](CN(Cc4ccccc4)Cc4ccccc4)C[C@H](c4ccc(CO)cc4)O3)c2)c1. The first kappa shape index (κ1) is 35.3. The Labute approximate surface area is 316 Å². The summed E-state index contributed by atoms with van der Waals surface area (Å²) in [5, 5.41) is 9.69. The van der Waals surface area contributed by atoms with Gasteiger partial charge in [-0.3, -0.25) is 19.4 Å². The Balaban J connectivity index is 1.05. The van der Waals surface area contributed by atoms with Crippen LogP contribution in [-0.2, 0) is 35.7 Å². The molecule has 3 atom stereocenters. The molecule has 7 heteroatoms. The van der Waals surface area contributed by atoms with Crippen LogP contribution in [0.25, 0.3) is 11.1 Å². The van der Waals surface area contributed by atoms with Gasteiger partial charge in [-0.1, -0.05) is 133 Å². The molecule has 6 aromatic rings. The minimum atomic E-state index is -0.622. The number of carbonyl (C=O) groups is 2. The van der Waals surface area contributed by atoms with Crippen molar-refractivity contribution in [1.29, 1.82) is 0 Å². The fraction of sp³-hybridized carbons (Fsp3) is 0.191. The first-order valence-electron chi connectivity index (χ1n) is 18.5. The summed E-state index contributed by atoms with van der Waals surface area (Å²) < 4.78 is 13.6. The van der Waals surface area contributed by atoms with Gasteiger partial charge in [0.05, 0.1) is 36.5 Å². The predicted molar refractivity (Wildman–Crippen MR) is 208 cm³/mol. The van der Waals surface area contributed by atoms with Gasteiger partial charge in [-0.25, -0.2) is 0 Å². The van der Waals surface area contributed by atoms with Crippen LogP contribution in [0.4, 0.5) is 0 Å². The maximum Gasteiger partial charge on any atom is 0.261 e. The van der Waals surface area contributed by atoms with E-state index in [1.807, 2.05) is 72.8 Å². The molecule has 2 heterocycles. The van der Waals surface area contributed by atoms with E-state index in [2.05, 4.69) is 65.6 Å². The van der Waals surface area contributed by atoms with Crippen LogP contribution in [0.5, 0.6) is 0 Å². The first-order valence-corrected chi connectivity index (χ1v) is 18.5. The highest BCUT2D eigenvalue weighted by atomic mass is 16.7. The van der Waals surface area contributed by atoms with Crippen LogP contribution in [0.3, 0.4) is 0 Å². The lowest BCUT2D eigenvalue weighted by atomic mass is 9.98. The number of carbonyl (C=O) groups excluding carboxylic acids is 2. The Hall–Kier alpha value is -5.70. The highest BCUT2D eigenvalue weighted by Gasteiger charge is 2.36. The minimum absolute atomic E-state index is 0.0135. The van der Waals surface area contributed by atoms with Crippen molar-refractivity contribution in [3.63, 3.8) is 0 Å². The van der Waals surface area contributed by atoms with Crippen LogP contribution in [0, 0.1) is 0 Å². The number of aliphatic hydroxyl groups excluding tert-OH is 1. The zero-order chi connectivity index (χ0) is 36.9. The van der Waals surface area contributed by atoms with Crippen LogP contribution < -0.4 is 0 Å². The monoisotopic (exact) mass is 714 g/mol. The van der Waals surface area contributed by atoms with E-state index in [1.165, 1.54) is 16.0 Å². The number of nitrogens with zero attached hydrogens (tertiary/aromatic N) is 2. The number of ether oxygens (including phenoxy) is 2. The Morgan fingerprint density at radius 2 is 1.15 bits per heavy atom. The number of imide groups is 1. The molecule has 0 unspecified atom stereocenters. The van der Waals surface area contributed by atoms with Crippen molar-refractivity contribution in [2.75, 3.05) is 6.54 Å². The normalized spacial score (nSPS) is 18.3. The summed E-state index contributed by atoms with van der Waals surface area (Å²) in [4.78, 5) is 29.9. The molecule has 6 aromatic carbocycles. The molecule has 0 aromatic heterocycles. The molecule has 0 bridgehead atoms. The van der Waals surface area contributed by atoms with Crippen molar-refractivity contribution in [1.82, 2.24) is 9.80 Å². The van der Waals surface area contributed by atoms with Crippen LogP contribution in [0.2, 0.25) is 0 Å². The Morgan fingerprint density at radius 1 is 0.574 bits per heavy atom. The van der Waals surface area contributed by atoms with Gasteiger partial charge in [0, 0.05) is 31.6 Å². The Morgan fingerprint density at radius 3 is 1.78 bits per heavy atom. The fourth-order valence-corrected chi connectivity index (χ4v) is 7.47. The van der Waals surface area contributed by atoms with Crippen LogP contribution in [0.1, 0.15) is 72.9 Å². The van der Waals surface area contributed by atoms with E-state index in [4.69, 9.17) is 9.47 Å². The number of rotatable bonds is 12. The number of hydrogen-bond acceptors (Lipinski definition) is 6. The van der Waals surface area contributed by atoms with E-state index in [1.54, 1.807) is 24.3 Å². The zero-order valence-electron chi connectivity index (χ0n) is 30.0. The average molecular weight is 715 g/mol. The third-order valence-corrected chi connectivity index (χ3v) is 10.2. The molecule has 0 saturated carbocycles. The molecule has 1 N–H and O–H groups in total. The molecule has 8 rings (SSSR count). The largest absolute Gasteiger partial charge is 0.392 e. The van der Waals surface area contributed by atoms with Crippen molar-refractivity contribution < 1.29 is 24.2 Å². The second-order valence-electron chi connectivity index (χ2n) is 14.1. The molecule has 0 aliphatic carbocycles. The minimum Gasteiger partial charge on any atom is -0.392 e. The molecule has 2 aliphatic heterocycles. The molecule has 1 fully saturated rings. The van der Waals surface area contributed by atoms with E-state index in [0.717, 1.165) is 46.5 Å². The number of amides is 2. The smallest absolute Gasteiger partial charge is 0.261 e. The highest BCUT2D eigenvalue weighted by molar-refractivity contribution is 6.21. The maximum absolute atomic E-state index is 13.1. The van der Waals surface area contributed by atoms with Crippen molar-refractivity contribution in [3.8, 4) is 11.1 Å². The first-order chi connectivity index (χ1) is 26.5. The van der Waals surface area contributed by atoms with Gasteiger partial charge in [0.1, 0.15) is 0 Å². The topological polar surface area (TPSA) is 79.3 Å². The lowest BCUT2D eigenvalue weighted by Gasteiger charge is -2.38. The molecule has 7 nitrogen and oxygen atoms in total. The zero-order valence-corrected chi connectivity index (χ0v) is 30.0. The predicted octanol–water partition coefficient (Wildman–Crippen LogP) is 8.89. The van der Waals surface area contributed by atoms with E-state index in [9.17, 15) is 14.7 Å². The van der Waals surface area contributed by atoms with Gasteiger partial charge in [0.2, 0.25) is 0 Å². The third-order valence-electron chi connectivity index (χ3n) is 10.2. The van der Waals surface area contributed by atoms with Gasteiger partial charge in [-0.2, -0.15) is 0 Å². The average Bonchev–Trinajstić information content (AvgIpc) is 3.46. The number of benzene rings is 6. The molecule has 270 valence electrons.